The number of anilines is 3. The van der Waals surface area contributed by atoms with Crippen LogP contribution in [0.1, 0.15) is 0 Å². The van der Waals surface area contributed by atoms with Gasteiger partial charge in [-0.05, 0) is 0 Å². The van der Waals surface area contributed by atoms with Gasteiger partial charge in [-0.1, -0.05) is 0 Å². The summed E-state index contributed by atoms with van der Waals surface area (Å²) in [7, 11) is 0. The predicted molar refractivity (Wildman–Crippen MR) is 196 cm³/mol. The van der Waals surface area contributed by atoms with Crippen LogP contribution in [0.5, 0.6) is 0 Å². The molecule has 0 unspecified atom stereocenters. The summed E-state index contributed by atoms with van der Waals surface area (Å²) in [5, 5.41) is 0. The van der Waals surface area contributed by atoms with Crippen LogP contribution in [-0.4, -0.2) is 29.3 Å². The van der Waals surface area contributed by atoms with E-state index < -0.39 is 29.3 Å². The van der Waals surface area contributed by atoms with Gasteiger partial charge in [-0.3, -0.25) is 0 Å². The van der Waals surface area contributed by atoms with Crippen LogP contribution in [0.2, 0.25) is 0 Å². The second-order valence-electron chi connectivity index (χ2n) is 10.7. The Hall–Kier alpha value is -4.54. The molecule has 0 aromatic heterocycles. The van der Waals surface area contributed by atoms with Crippen LogP contribution < -0.4 is 31.0 Å². The zero-order chi connectivity index (χ0) is 30.3. The van der Waals surface area contributed by atoms with Crippen molar-refractivity contribution in [2.75, 3.05) is 4.90 Å². The molecule has 0 saturated heterocycles. The molecule has 0 atom stereocenters. The fraction of sp³-hybridized carbons (Fsp3) is 0. The van der Waals surface area contributed by atoms with Gasteiger partial charge in [-0.2, -0.15) is 0 Å². The van der Waals surface area contributed by atoms with E-state index in [1.807, 2.05) is 0 Å². The fourth-order valence-electron chi connectivity index (χ4n) is 5.73. The van der Waals surface area contributed by atoms with Crippen molar-refractivity contribution < 1.29 is 0 Å². The third-order valence-electron chi connectivity index (χ3n) is 7.80. The van der Waals surface area contributed by atoms with Crippen molar-refractivity contribution in [2.24, 2.45) is 0 Å². The van der Waals surface area contributed by atoms with E-state index in [1.54, 1.807) is 0 Å². The van der Waals surface area contributed by atoms with E-state index in [0.717, 1.165) is 17.1 Å². The molecule has 7 aromatic rings. The number of hydrogen-bond acceptors (Lipinski definition) is 1. The third kappa shape index (κ3) is 6.62. The van der Waals surface area contributed by atoms with E-state index in [1.165, 1.54) is 26.1 Å². The molecule has 0 bridgehead atoms. The Kier molecular flexibility index (Phi) is 9.11. The Morgan fingerprint density at radius 2 is 0.444 bits per heavy atom. The summed E-state index contributed by atoms with van der Waals surface area (Å²) in [5.41, 5.74) is 3.47. The summed E-state index contributed by atoms with van der Waals surface area (Å²) in [5.74, 6) is 0. The molecule has 7 aromatic carbocycles. The normalized spacial score (nSPS) is 11.1. The molecule has 45 heavy (non-hydrogen) atoms. The number of hydrogen-bond donors (Lipinski definition) is 0. The van der Waals surface area contributed by atoms with Crippen molar-refractivity contribution in [1.29, 1.82) is 0 Å². The minimum atomic E-state index is -1.69. The van der Waals surface area contributed by atoms with Gasteiger partial charge >= 0.3 is 278 Å². The first kappa shape index (κ1) is 29.2. The van der Waals surface area contributed by atoms with E-state index in [2.05, 4.69) is 205 Å². The number of nitrogens with zero attached hydrogens (tertiary/aromatic N) is 1. The zero-order valence-electron chi connectivity index (χ0n) is 24.9. The third-order valence-corrected chi connectivity index (χ3v) is 18.1. The van der Waals surface area contributed by atoms with E-state index in [4.69, 9.17) is 0 Å². The number of benzene rings is 7. The molecular weight excluding hydrogens is 668 g/mol. The fourth-order valence-corrected chi connectivity index (χ4v) is 15.3. The second kappa shape index (κ2) is 14.0. The Morgan fingerprint density at radius 3 is 0.733 bits per heavy atom. The SMILES string of the molecule is c1ccc(N(c2ccc([As](c3ccccc3)c3ccccc3)cc2)c2ccc([As](c3ccccc3)c3ccccc3)cc2)cc1. The van der Waals surface area contributed by atoms with Gasteiger partial charge in [0.1, 0.15) is 0 Å². The molecule has 3 heteroatoms. The van der Waals surface area contributed by atoms with E-state index in [9.17, 15) is 0 Å². The van der Waals surface area contributed by atoms with Gasteiger partial charge in [0.05, 0.1) is 0 Å². The summed E-state index contributed by atoms with van der Waals surface area (Å²) < 4.78 is 8.61. The standard InChI is InChI=1S/C42H33As2N/c1-6-16-34(17-7-1)43(35-18-8-2-9-19-35)38-26-30-41(31-27-38)45(40-24-14-5-15-25-40)42-32-28-39(29-33-42)44(36-20-10-3-11-21-36)37-22-12-4-13-23-37/h1-33H. The van der Waals surface area contributed by atoms with Crippen molar-refractivity contribution in [3.63, 3.8) is 0 Å². The van der Waals surface area contributed by atoms with Gasteiger partial charge in [0.25, 0.3) is 0 Å². The number of rotatable bonds is 9. The van der Waals surface area contributed by atoms with Crippen molar-refractivity contribution in [3.8, 4) is 0 Å². The first-order valence-corrected chi connectivity index (χ1v) is 20.8. The monoisotopic (exact) mass is 701 g/mol. The molecule has 0 amide bonds. The summed E-state index contributed by atoms with van der Waals surface area (Å²) in [6, 6.07) is 73.4. The molecule has 0 aliphatic heterocycles. The molecule has 0 radical (unpaired) electrons. The van der Waals surface area contributed by atoms with Gasteiger partial charge in [-0.25, -0.2) is 0 Å². The molecule has 0 N–H and O–H groups in total. The van der Waals surface area contributed by atoms with E-state index >= 15 is 0 Å². The molecule has 7 rings (SSSR count). The first-order valence-electron chi connectivity index (χ1n) is 15.2. The van der Waals surface area contributed by atoms with Gasteiger partial charge < -0.3 is 0 Å². The average molecular weight is 702 g/mol. The number of para-hydroxylation sites is 1. The molecule has 1 nitrogen and oxygen atoms in total. The molecular formula is C42H33As2N. The molecule has 216 valence electrons. The van der Waals surface area contributed by atoms with Crippen LogP contribution in [0.3, 0.4) is 0 Å². The van der Waals surface area contributed by atoms with Gasteiger partial charge in [0, 0.05) is 0 Å². The summed E-state index contributed by atoms with van der Waals surface area (Å²) >= 11 is -3.38. The minimum absolute atomic E-state index is 1.15. The van der Waals surface area contributed by atoms with E-state index in [0.29, 0.717) is 0 Å². The predicted octanol–water partition coefficient (Wildman–Crippen LogP) is 6.19. The average Bonchev–Trinajstić information content (AvgIpc) is 3.12. The maximum atomic E-state index is 2.37. The molecule has 0 heterocycles. The first-order chi connectivity index (χ1) is 22.3. The molecule has 0 fully saturated rings. The van der Waals surface area contributed by atoms with Crippen molar-refractivity contribution in [2.45, 2.75) is 0 Å². The molecule has 0 spiro atoms. The van der Waals surface area contributed by atoms with Crippen molar-refractivity contribution in [1.82, 2.24) is 0 Å². The Morgan fingerprint density at radius 1 is 0.222 bits per heavy atom. The maximum absolute atomic E-state index is 2.37. The molecule has 0 saturated carbocycles. The summed E-state index contributed by atoms with van der Waals surface area (Å²) in [4.78, 5) is 2.37. The van der Waals surface area contributed by atoms with Crippen LogP contribution >= 0.6 is 0 Å². The van der Waals surface area contributed by atoms with Crippen LogP contribution in [0.15, 0.2) is 200 Å². The Labute approximate surface area is 276 Å². The molecule has 0 aliphatic carbocycles. The van der Waals surface area contributed by atoms with Crippen LogP contribution in [0.4, 0.5) is 17.1 Å². The van der Waals surface area contributed by atoms with Crippen LogP contribution in [0.25, 0.3) is 0 Å². The Bertz CT molecular complexity index is 1710. The van der Waals surface area contributed by atoms with E-state index in [-0.39, 0.29) is 0 Å². The Balaban J connectivity index is 1.26. The topological polar surface area (TPSA) is 3.24 Å². The van der Waals surface area contributed by atoms with Gasteiger partial charge in [-0.15, -0.1) is 0 Å². The van der Waals surface area contributed by atoms with Gasteiger partial charge in [0.2, 0.25) is 0 Å². The second-order valence-corrected chi connectivity index (χ2v) is 20.0. The van der Waals surface area contributed by atoms with Crippen LogP contribution in [-0.2, 0) is 0 Å². The summed E-state index contributed by atoms with van der Waals surface area (Å²) in [6.45, 7) is 0. The molecule has 0 aliphatic rings. The van der Waals surface area contributed by atoms with Crippen molar-refractivity contribution in [3.05, 3.63) is 200 Å². The van der Waals surface area contributed by atoms with Crippen molar-refractivity contribution >= 4 is 72.5 Å². The van der Waals surface area contributed by atoms with Gasteiger partial charge in [0.15, 0.2) is 0 Å². The quantitative estimate of drug-likeness (QED) is 0.163. The zero-order valence-corrected chi connectivity index (χ0v) is 28.6. The summed E-state index contributed by atoms with van der Waals surface area (Å²) in [6.07, 6.45) is 0. The van der Waals surface area contributed by atoms with Crippen LogP contribution in [0, 0.1) is 0 Å².